The molecule has 116 valence electrons. The van der Waals surface area contributed by atoms with Gasteiger partial charge in [0.1, 0.15) is 0 Å². The van der Waals surface area contributed by atoms with Crippen LogP contribution < -0.4 is 5.43 Å². The van der Waals surface area contributed by atoms with Crippen molar-refractivity contribution in [2.24, 2.45) is 11.8 Å². The summed E-state index contributed by atoms with van der Waals surface area (Å²) in [5, 5.41) is 2.29. The minimum absolute atomic E-state index is 0.0747. The predicted octanol–water partition coefficient (Wildman–Crippen LogP) is 2.56. The number of carbonyl (C=O) groups is 1. The molecule has 0 radical (unpaired) electrons. The maximum atomic E-state index is 11.6. The smallest absolute Gasteiger partial charge is 0.305 e. The average Bonchev–Trinajstić information content (AvgIpc) is 2.87. The molecule has 0 spiro atoms. The molecule has 4 heteroatoms. The molecule has 2 rings (SSSR count). The summed E-state index contributed by atoms with van der Waals surface area (Å²) in [6.45, 7) is 5.36. The topological polar surface area (TPSA) is 41.6 Å². The van der Waals surface area contributed by atoms with E-state index >= 15 is 0 Å². The van der Waals surface area contributed by atoms with Crippen molar-refractivity contribution in [1.29, 1.82) is 0 Å². The largest absolute Gasteiger partial charge is 0.469 e. The van der Waals surface area contributed by atoms with E-state index in [1.807, 2.05) is 13.1 Å². The molecule has 1 heterocycles. The van der Waals surface area contributed by atoms with E-state index in [9.17, 15) is 4.79 Å². The van der Waals surface area contributed by atoms with Gasteiger partial charge in [-0.05, 0) is 30.9 Å². The van der Waals surface area contributed by atoms with E-state index in [-0.39, 0.29) is 11.5 Å². The van der Waals surface area contributed by atoms with Gasteiger partial charge >= 0.3 is 5.97 Å². The van der Waals surface area contributed by atoms with Crippen LogP contribution in [0.4, 0.5) is 0 Å². The molecule has 1 fully saturated rings. The number of ether oxygens (including phenoxy) is 1. The van der Waals surface area contributed by atoms with Crippen LogP contribution in [-0.2, 0) is 15.1 Å². The lowest BCUT2D eigenvalue weighted by Gasteiger charge is -2.42. The van der Waals surface area contributed by atoms with E-state index in [0.717, 1.165) is 13.0 Å². The van der Waals surface area contributed by atoms with E-state index in [1.54, 1.807) is 0 Å². The van der Waals surface area contributed by atoms with Gasteiger partial charge in [-0.25, -0.2) is 5.01 Å². The van der Waals surface area contributed by atoms with Crippen LogP contribution in [0.3, 0.4) is 0 Å². The highest BCUT2D eigenvalue weighted by molar-refractivity contribution is 5.69. The first-order chi connectivity index (χ1) is 10.0. The van der Waals surface area contributed by atoms with E-state index in [1.165, 1.54) is 12.7 Å². The molecule has 0 aromatic heterocycles. The normalized spacial score (nSPS) is 26.2. The zero-order chi connectivity index (χ0) is 15.5. The van der Waals surface area contributed by atoms with Gasteiger partial charge < -0.3 is 4.74 Å². The number of hydrazine groups is 1. The minimum Gasteiger partial charge on any atom is -0.469 e. The Morgan fingerprint density at radius 1 is 1.43 bits per heavy atom. The van der Waals surface area contributed by atoms with Gasteiger partial charge in [-0.2, -0.15) is 0 Å². The molecule has 2 unspecified atom stereocenters. The standard InChI is InChI=1S/C17H26N2O2/c1-13(2)17(15-8-6-5-7-9-15)11-14(10-16(20)21-4)12-19(17)18-3/h5-9,13-14,18H,10-12H2,1-4H3. The zero-order valence-electron chi connectivity index (χ0n) is 13.4. The number of benzene rings is 1. The summed E-state index contributed by atoms with van der Waals surface area (Å²) in [6, 6.07) is 10.6. The summed E-state index contributed by atoms with van der Waals surface area (Å²) in [7, 11) is 3.42. The average molecular weight is 290 g/mol. The summed E-state index contributed by atoms with van der Waals surface area (Å²) in [5.41, 5.74) is 4.57. The number of carbonyl (C=O) groups excluding carboxylic acids is 1. The van der Waals surface area contributed by atoms with Gasteiger partial charge in [0.25, 0.3) is 0 Å². The molecular formula is C17H26N2O2. The first kappa shape index (κ1) is 16.0. The number of nitrogens with one attached hydrogen (secondary N) is 1. The lowest BCUT2D eigenvalue weighted by atomic mass is 9.76. The summed E-state index contributed by atoms with van der Waals surface area (Å²) < 4.78 is 4.84. The van der Waals surface area contributed by atoms with E-state index < -0.39 is 0 Å². The quantitative estimate of drug-likeness (QED) is 0.846. The van der Waals surface area contributed by atoms with Gasteiger partial charge in [-0.1, -0.05) is 44.2 Å². The highest BCUT2D eigenvalue weighted by Gasteiger charge is 2.48. The molecule has 1 N–H and O–H groups in total. The molecular weight excluding hydrogens is 264 g/mol. The first-order valence-electron chi connectivity index (χ1n) is 7.62. The van der Waals surface area contributed by atoms with Crippen LogP contribution in [0.5, 0.6) is 0 Å². The Morgan fingerprint density at radius 3 is 2.62 bits per heavy atom. The molecule has 1 aliphatic rings. The van der Waals surface area contributed by atoms with Gasteiger partial charge in [-0.3, -0.25) is 10.2 Å². The Balaban J connectivity index is 2.33. The van der Waals surface area contributed by atoms with Crippen LogP contribution in [0.15, 0.2) is 30.3 Å². The number of methoxy groups -OCH3 is 1. The van der Waals surface area contributed by atoms with Crippen LogP contribution in [-0.4, -0.2) is 31.7 Å². The van der Waals surface area contributed by atoms with Crippen LogP contribution >= 0.6 is 0 Å². The van der Waals surface area contributed by atoms with Crippen molar-refractivity contribution >= 4 is 5.97 Å². The molecule has 0 saturated carbocycles. The monoisotopic (exact) mass is 290 g/mol. The van der Waals surface area contributed by atoms with Gasteiger partial charge in [0, 0.05) is 13.0 Å². The van der Waals surface area contributed by atoms with Crippen LogP contribution in [0.25, 0.3) is 0 Å². The Kier molecular flexibility index (Phi) is 5.01. The highest BCUT2D eigenvalue weighted by atomic mass is 16.5. The number of nitrogens with zero attached hydrogens (tertiary/aromatic N) is 1. The first-order valence-corrected chi connectivity index (χ1v) is 7.62. The van der Waals surface area contributed by atoms with Gasteiger partial charge in [0.2, 0.25) is 0 Å². The third kappa shape index (κ3) is 2.97. The molecule has 21 heavy (non-hydrogen) atoms. The van der Waals surface area contributed by atoms with Crippen molar-refractivity contribution in [3.05, 3.63) is 35.9 Å². The Labute approximate surface area is 127 Å². The van der Waals surface area contributed by atoms with Crippen molar-refractivity contribution in [3.63, 3.8) is 0 Å². The number of rotatable bonds is 5. The Morgan fingerprint density at radius 2 is 2.10 bits per heavy atom. The van der Waals surface area contributed by atoms with E-state index in [2.05, 4.69) is 48.5 Å². The second kappa shape index (κ2) is 6.58. The van der Waals surface area contributed by atoms with E-state index in [4.69, 9.17) is 4.74 Å². The van der Waals surface area contributed by atoms with Crippen molar-refractivity contribution < 1.29 is 9.53 Å². The van der Waals surface area contributed by atoms with E-state index in [0.29, 0.717) is 18.3 Å². The van der Waals surface area contributed by atoms with Crippen LogP contribution in [0, 0.1) is 11.8 Å². The van der Waals surface area contributed by atoms with Crippen LogP contribution in [0.2, 0.25) is 0 Å². The molecule has 1 saturated heterocycles. The van der Waals surface area contributed by atoms with Crippen molar-refractivity contribution in [2.45, 2.75) is 32.2 Å². The molecule has 1 aliphatic heterocycles. The van der Waals surface area contributed by atoms with Crippen molar-refractivity contribution in [3.8, 4) is 0 Å². The van der Waals surface area contributed by atoms with Crippen LogP contribution in [0.1, 0.15) is 32.3 Å². The number of hydrogen-bond donors (Lipinski definition) is 1. The second-order valence-electron chi connectivity index (χ2n) is 6.13. The molecule has 2 atom stereocenters. The SMILES string of the molecule is CNN1CC(CC(=O)OC)CC1(c1ccccc1)C(C)C. The summed E-state index contributed by atoms with van der Waals surface area (Å²) in [5.74, 6) is 0.631. The fourth-order valence-electron chi connectivity index (χ4n) is 3.66. The third-order valence-electron chi connectivity index (χ3n) is 4.70. The molecule has 0 amide bonds. The minimum atomic E-state index is -0.122. The fourth-order valence-corrected chi connectivity index (χ4v) is 3.66. The molecule has 0 bridgehead atoms. The summed E-state index contributed by atoms with van der Waals surface area (Å²) in [4.78, 5) is 11.6. The predicted molar refractivity (Wildman–Crippen MR) is 83.5 cm³/mol. The molecule has 4 nitrogen and oxygen atoms in total. The zero-order valence-corrected chi connectivity index (χ0v) is 13.4. The Hall–Kier alpha value is -1.39. The number of esters is 1. The van der Waals surface area contributed by atoms with Gasteiger partial charge in [-0.15, -0.1) is 0 Å². The lowest BCUT2D eigenvalue weighted by molar-refractivity contribution is -0.141. The summed E-state index contributed by atoms with van der Waals surface area (Å²) >= 11 is 0. The molecule has 0 aliphatic carbocycles. The fraction of sp³-hybridized carbons (Fsp3) is 0.588. The number of hydrogen-bond acceptors (Lipinski definition) is 4. The third-order valence-corrected chi connectivity index (χ3v) is 4.70. The van der Waals surface area contributed by atoms with Gasteiger partial charge in [0.15, 0.2) is 0 Å². The maximum absolute atomic E-state index is 11.6. The molecule has 1 aromatic carbocycles. The Bertz CT molecular complexity index is 475. The molecule has 1 aromatic rings. The van der Waals surface area contributed by atoms with Crippen molar-refractivity contribution in [1.82, 2.24) is 10.4 Å². The van der Waals surface area contributed by atoms with Gasteiger partial charge in [0.05, 0.1) is 12.6 Å². The summed E-state index contributed by atoms with van der Waals surface area (Å²) in [6.07, 6.45) is 1.45. The highest BCUT2D eigenvalue weighted by Crippen LogP contribution is 2.46. The van der Waals surface area contributed by atoms with Crippen molar-refractivity contribution in [2.75, 3.05) is 20.7 Å². The second-order valence-corrected chi connectivity index (χ2v) is 6.13. The lowest BCUT2D eigenvalue weighted by Crippen LogP contribution is -2.51. The maximum Gasteiger partial charge on any atom is 0.305 e.